The number of phenolic OH excluding ortho intramolecular Hbond substituents is 1. The predicted molar refractivity (Wildman–Crippen MR) is 161 cm³/mol. The second kappa shape index (κ2) is 18.3. The van der Waals surface area contributed by atoms with Gasteiger partial charge in [-0.05, 0) is 62.1 Å². The lowest BCUT2D eigenvalue weighted by atomic mass is 10.00. The standard InChI is InChI=1S/C33H50N2O4/c1-5-9-10-11-12-13-14-15-16-17-22-39-28-20-18-26(19-21-28)23-27-24-29(33(38)35(7-3)8-4)32(37)30(25-27)34-31(36)6-2/h18-21,24-25,37H,5-17,22-23H2,1-4H3,(H,34,36). The number of nitrogens with one attached hydrogen (secondary N) is 1. The van der Waals surface area contributed by atoms with Crippen molar-refractivity contribution in [3.63, 3.8) is 0 Å². The number of carbonyl (C=O) groups excluding carboxylic acids is 2. The molecule has 6 heteroatoms. The lowest BCUT2D eigenvalue weighted by Crippen LogP contribution is -2.30. The van der Waals surface area contributed by atoms with E-state index in [1.807, 2.05) is 38.1 Å². The van der Waals surface area contributed by atoms with Gasteiger partial charge in [0.2, 0.25) is 5.91 Å². The van der Waals surface area contributed by atoms with E-state index in [0.717, 1.165) is 29.9 Å². The minimum absolute atomic E-state index is 0.187. The number of unbranched alkanes of at least 4 members (excludes halogenated alkanes) is 9. The highest BCUT2D eigenvalue weighted by atomic mass is 16.5. The van der Waals surface area contributed by atoms with Gasteiger partial charge in [0.05, 0.1) is 17.9 Å². The van der Waals surface area contributed by atoms with Crippen molar-refractivity contribution in [1.29, 1.82) is 0 Å². The first-order chi connectivity index (χ1) is 18.9. The van der Waals surface area contributed by atoms with Crippen LogP contribution in [0.5, 0.6) is 11.5 Å². The number of anilines is 1. The fourth-order valence-electron chi connectivity index (χ4n) is 4.69. The van der Waals surface area contributed by atoms with Crippen LogP contribution in [0, 0.1) is 0 Å². The van der Waals surface area contributed by atoms with E-state index in [9.17, 15) is 14.7 Å². The van der Waals surface area contributed by atoms with Crippen molar-refractivity contribution in [1.82, 2.24) is 4.90 Å². The fraction of sp³-hybridized carbons (Fsp3) is 0.576. The summed E-state index contributed by atoms with van der Waals surface area (Å²) in [5.74, 6) is 0.205. The van der Waals surface area contributed by atoms with Crippen LogP contribution >= 0.6 is 0 Å². The van der Waals surface area contributed by atoms with Crippen LogP contribution in [0.15, 0.2) is 36.4 Å². The van der Waals surface area contributed by atoms with E-state index in [1.54, 1.807) is 24.0 Å². The van der Waals surface area contributed by atoms with Gasteiger partial charge < -0.3 is 20.1 Å². The van der Waals surface area contributed by atoms with Gasteiger partial charge in [0.1, 0.15) is 5.75 Å². The normalized spacial score (nSPS) is 10.9. The molecule has 0 fully saturated rings. The Kier molecular flexibility index (Phi) is 15.1. The van der Waals surface area contributed by atoms with Crippen molar-refractivity contribution in [3.8, 4) is 11.5 Å². The molecule has 0 heterocycles. The monoisotopic (exact) mass is 538 g/mol. The third kappa shape index (κ3) is 11.3. The number of hydrogen-bond donors (Lipinski definition) is 2. The molecule has 0 unspecified atom stereocenters. The average Bonchev–Trinajstić information content (AvgIpc) is 2.94. The second-order valence-electron chi connectivity index (χ2n) is 10.3. The number of carbonyl (C=O) groups is 2. The summed E-state index contributed by atoms with van der Waals surface area (Å²) in [6.45, 7) is 9.62. The topological polar surface area (TPSA) is 78.9 Å². The van der Waals surface area contributed by atoms with E-state index >= 15 is 0 Å². The first-order valence-electron chi connectivity index (χ1n) is 15.1. The number of nitrogens with zero attached hydrogens (tertiary/aromatic N) is 1. The molecule has 2 aromatic rings. The molecule has 0 spiro atoms. The molecule has 0 atom stereocenters. The lowest BCUT2D eigenvalue weighted by molar-refractivity contribution is -0.115. The Morgan fingerprint density at radius 3 is 1.95 bits per heavy atom. The van der Waals surface area contributed by atoms with Crippen LogP contribution in [0.4, 0.5) is 5.69 Å². The summed E-state index contributed by atoms with van der Waals surface area (Å²) >= 11 is 0. The quantitative estimate of drug-likeness (QED) is 0.140. The van der Waals surface area contributed by atoms with Gasteiger partial charge in [-0.1, -0.05) is 83.8 Å². The maximum absolute atomic E-state index is 13.1. The van der Waals surface area contributed by atoms with E-state index < -0.39 is 0 Å². The maximum atomic E-state index is 13.1. The Balaban J connectivity index is 1.92. The summed E-state index contributed by atoms with van der Waals surface area (Å²) in [6, 6.07) is 11.5. The van der Waals surface area contributed by atoms with E-state index in [0.29, 0.717) is 19.5 Å². The second-order valence-corrected chi connectivity index (χ2v) is 10.3. The van der Waals surface area contributed by atoms with Crippen LogP contribution in [0.25, 0.3) is 0 Å². The Labute approximate surface area is 236 Å². The third-order valence-corrected chi connectivity index (χ3v) is 7.14. The van der Waals surface area contributed by atoms with Crippen molar-refractivity contribution in [2.45, 2.75) is 105 Å². The van der Waals surface area contributed by atoms with Crippen LogP contribution in [-0.2, 0) is 11.2 Å². The molecular weight excluding hydrogens is 488 g/mol. The minimum Gasteiger partial charge on any atom is -0.505 e. The zero-order valence-corrected chi connectivity index (χ0v) is 24.7. The van der Waals surface area contributed by atoms with Crippen molar-refractivity contribution in [3.05, 3.63) is 53.1 Å². The van der Waals surface area contributed by atoms with Crippen molar-refractivity contribution in [2.75, 3.05) is 25.0 Å². The van der Waals surface area contributed by atoms with Gasteiger partial charge in [0.15, 0.2) is 5.75 Å². The summed E-state index contributed by atoms with van der Waals surface area (Å²) < 4.78 is 5.95. The van der Waals surface area contributed by atoms with E-state index in [1.165, 1.54) is 57.8 Å². The van der Waals surface area contributed by atoms with Gasteiger partial charge in [-0.15, -0.1) is 0 Å². The van der Waals surface area contributed by atoms with Gasteiger partial charge in [0.25, 0.3) is 5.91 Å². The molecule has 0 aliphatic rings. The number of ether oxygens (including phenoxy) is 1. The molecule has 0 radical (unpaired) electrons. The van der Waals surface area contributed by atoms with Crippen LogP contribution in [0.2, 0.25) is 0 Å². The highest BCUT2D eigenvalue weighted by molar-refractivity contribution is 6.01. The molecule has 2 aromatic carbocycles. The van der Waals surface area contributed by atoms with Gasteiger partial charge in [-0.2, -0.15) is 0 Å². The molecule has 0 saturated carbocycles. The van der Waals surface area contributed by atoms with Crippen LogP contribution in [-0.4, -0.2) is 41.5 Å². The Morgan fingerprint density at radius 2 is 1.38 bits per heavy atom. The Hall–Kier alpha value is -3.02. The van der Waals surface area contributed by atoms with Crippen molar-refractivity contribution in [2.24, 2.45) is 0 Å². The number of aromatic hydroxyl groups is 1. The molecule has 0 aliphatic carbocycles. The maximum Gasteiger partial charge on any atom is 0.257 e. The number of rotatable bonds is 19. The molecule has 2 amide bonds. The van der Waals surface area contributed by atoms with E-state index in [-0.39, 0.29) is 35.2 Å². The molecule has 39 heavy (non-hydrogen) atoms. The predicted octanol–water partition coefficient (Wildman–Crippen LogP) is 8.11. The van der Waals surface area contributed by atoms with Gasteiger partial charge >= 0.3 is 0 Å². The van der Waals surface area contributed by atoms with Gasteiger partial charge in [-0.3, -0.25) is 9.59 Å². The molecule has 6 nitrogen and oxygen atoms in total. The molecule has 0 aromatic heterocycles. The molecular formula is C33H50N2O4. The highest BCUT2D eigenvalue weighted by Gasteiger charge is 2.21. The molecule has 2 N–H and O–H groups in total. The smallest absolute Gasteiger partial charge is 0.257 e. The molecule has 0 bridgehead atoms. The van der Waals surface area contributed by atoms with Crippen molar-refractivity contribution >= 4 is 17.5 Å². The van der Waals surface area contributed by atoms with Gasteiger partial charge in [-0.25, -0.2) is 0 Å². The molecule has 0 aliphatic heterocycles. The number of phenols is 1. The van der Waals surface area contributed by atoms with Crippen LogP contribution in [0.3, 0.4) is 0 Å². The molecule has 216 valence electrons. The largest absolute Gasteiger partial charge is 0.505 e. The Bertz CT molecular complexity index is 1000. The zero-order chi connectivity index (χ0) is 28.5. The summed E-state index contributed by atoms with van der Waals surface area (Å²) in [7, 11) is 0. The summed E-state index contributed by atoms with van der Waals surface area (Å²) in [6.07, 6.45) is 13.9. The van der Waals surface area contributed by atoms with Crippen LogP contribution in [0.1, 0.15) is 120 Å². The number of amides is 2. The molecule has 0 saturated heterocycles. The molecule has 2 rings (SSSR count). The highest BCUT2D eigenvalue weighted by Crippen LogP contribution is 2.32. The van der Waals surface area contributed by atoms with Crippen molar-refractivity contribution < 1.29 is 19.4 Å². The van der Waals surface area contributed by atoms with Gasteiger partial charge in [0, 0.05) is 19.5 Å². The minimum atomic E-state index is -0.248. The SMILES string of the molecule is CCCCCCCCCCCCOc1ccc(Cc2cc(NC(=O)CC)c(O)c(C(=O)N(CC)CC)c2)cc1. The summed E-state index contributed by atoms with van der Waals surface area (Å²) in [4.78, 5) is 26.8. The Morgan fingerprint density at radius 1 is 0.795 bits per heavy atom. The van der Waals surface area contributed by atoms with Crippen LogP contribution < -0.4 is 10.1 Å². The summed E-state index contributed by atoms with van der Waals surface area (Å²) in [5.41, 5.74) is 2.38. The fourth-order valence-corrected chi connectivity index (χ4v) is 4.69. The van der Waals surface area contributed by atoms with E-state index in [2.05, 4.69) is 12.2 Å². The number of benzene rings is 2. The average molecular weight is 539 g/mol. The third-order valence-electron chi connectivity index (χ3n) is 7.14. The summed E-state index contributed by atoms with van der Waals surface area (Å²) in [5, 5.41) is 13.5. The number of hydrogen-bond acceptors (Lipinski definition) is 4. The zero-order valence-electron chi connectivity index (χ0n) is 24.7. The lowest BCUT2D eigenvalue weighted by Gasteiger charge is -2.21. The first kappa shape index (κ1) is 32.2. The first-order valence-corrected chi connectivity index (χ1v) is 15.1. The van der Waals surface area contributed by atoms with E-state index in [4.69, 9.17) is 4.74 Å².